The van der Waals surface area contributed by atoms with Gasteiger partial charge in [-0.05, 0) is 12.8 Å². The Kier molecular flexibility index (Phi) is 13.4. The molecular weight excluding hydrogens is 280 g/mol. The third-order valence-corrected chi connectivity index (χ3v) is 3.40. The van der Waals surface area contributed by atoms with Crippen molar-refractivity contribution in [2.24, 2.45) is 0 Å². The van der Waals surface area contributed by atoms with Gasteiger partial charge in [-0.2, -0.15) is 0 Å². The first kappa shape index (κ1) is 19.6. The van der Waals surface area contributed by atoms with Crippen LogP contribution in [0, 0.1) is 0 Å². The Labute approximate surface area is 128 Å². The number of halogens is 1. The molecule has 0 unspecified atom stereocenters. The highest BCUT2D eigenvalue weighted by Crippen LogP contribution is 2.16. The molecule has 0 bridgehead atoms. The predicted molar refractivity (Wildman–Crippen MR) is 82.4 cm³/mol. The molecule has 0 atom stereocenters. The molecule has 0 aromatic carbocycles. The normalized spacial score (nSPS) is 16.2. The summed E-state index contributed by atoms with van der Waals surface area (Å²) < 4.78 is 9.97. The van der Waals surface area contributed by atoms with Gasteiger partial charge < -0.3 is 20.1 Å². The first-order chi connectivity index (χ1) is 9.33. The van der Waals surface area contributed by atoms with Crippen LogP contribution in [0.3, 0.4) is 0 Å². The summed E-state index contributed by atoms with van der Waals surface area (Å²) in [6, 6.07) is 0.636. The third kappa shape index (κ3) is 10.4. The molecule has 0 aliphatic heterocycles. The van der Waals surface area contributed by atoms with Gasteiger partial charge in [0.15, 0.2) is 0 Å². The maximum atomic E-state index is 11.4. The highest BCUT2D eigenvalue weighted by molar-refractivity contribution is 5.85. The monoisotopic (exact) mass is 308 g/mol. The molecule has 0 aromatic heterocycles. The number of amides is 1. The van der Waals surface area contributed by atoms with E-state index in [-0.39, 0.29) is 24.9 Å². The molecule has 0 saturated heterocycles. The van der Waals surface area contributed by atoms with E-state index in [9.17, 15) is 4.79 Å². The largest absolute Gasteiger partial charge is 0.382 e. The van der Waals surface area contributed by atoms with Crippen LogP contribution in [-0.4, -0.2) is 52.0 Å². The Balaban J connectivity index is 0.00000361. The van der Waals surface area contributed by atoms with E-state index in [4.69, 9.17) is 9.47 Å². The Bertz CT molecular complexity index is 234. The Morgan fingerprint density at radius 3 is 2.45 bits per heavy atom. The minimum Gasteiger partial charge on any atom is -0.382 e. The van der Waals surface area contributed by atoms with Crippen molar-refractivity contribution < 1.29 is 14.3 Å². The summed E-state index contributed by atoms with van der Waals surface area (Å²) in [4.78, 5) is 11.4. The molecule has 20 heavy (non-hydrogen) atoms. The number of rotatable bonds is 9. The van der Waals surface area contributed by atoms with Gasteiger partial charge in [-0.3, -0.25) is 4.79 Å². The molecule has 1 amide bonds. The number of carbonyl (C=O) groups is 1. The summed E-state index contributed by atoms with van der Waals surface area (Å²) in [6.45, 7) is 2.62. The molecule has 5 nitrogen and oxygen atoms in total. The zero-order valence-corrected chi connectivity index (χ0v) is 13.3. The van der Waals surface area contributed by atoms with Crippen molar-refractivity contribution in [3.63, 3.8) is 0 Å². The second-order valence-corrected chi connectivity index (χ2v) is 5.04. The van der Waals surface area contributed by atoms with E-state index >= 15 is 0 Å². The number of ether oxygens (including phenoxy) is 2. The van der Waals surface area contributed by atoms with Crippen molar-refractivity contribution in [3.05, 3.63) is 0 Å². The van der Waals surface area contributed by atoms with E-state index < -0.39 is 0 Å². The van der Waals surface area contributed by atoms with Gasteiger partial charge in [0.25, 0.3) is 0 Å². The van der Waals surface area contributed by atoms with E-state index in [1.807, 2.05) is 0 Å². The molecule has 1 aliphatic rings. The van der Waals surface area contributed by atoms with Crippen LogP contribution < -0.4 is 10.6 Å². The van der Waals surface area contributed by atoms with Crippen LogP contribution in [0.4, 0.5) is 0 Å². The fraction of sp³-hybridized carbons (Fsp3) is 0.929. The first-order valence-corrected chi connectivity index (χ1v) is 7.39. The molecule has 0 heterocycles. The number of carbonyl (C=O) groups excluding carboxylic acids is 1. The maximum Gasteiger partial charge on any atom is 0.246 e. The highest BCUT2D eigenvalue weighted by Gasteiger charge is 2.10. The first-order valence-electron chi connectivity index (χ1n) is 7.39. The summed E-state index contributed by atoms with van der Waals surface area (Å²) in [5.74, 6) is -0.0567. The van der Waals surface area contributed by atoms with E-state index in [2.05, 4.69) is 10.6 Å². The predicted octanol–water partition coefficient (Wildman–Crippen LogP) is 1.50. The van der Waals surface area contributed by atoms with Gasteiger partial charge in [0.05, 0.1) is 13.2 Å². The minimum atomic E-state index is -0.0567. The summed E-state index contributed by atoms with van der Waals surface area (Å²) in [5.41, 5.74) is 0. The second-order valence-electron chi connectivity index (χ2n) is 5.04. The molecule has 2 N–H and O–H groups in total. The summed E-state index contributed by atoms with van der Waals surface area (Å²) >= 11 is 0. The molecule has 1 saturated carbocycles. The molecule has 0 aromatic rings. The van der Waals surface area contributed by atoms with Crippen molar-refractivity contribution in [2.45, 2.75) is 44.6 Å². The molecule has 0 spiro atoms. The topological polar surface area (TPSA) is 59.6 Å². The number of hydrogen-bond acceptors (Lipinski definition) is 4. The lowest BCUT2D eigenvalue weighted by molar-refractivity contribution is -0.126. The quantitative estimate of drug-likeness (QED) is 0.500. The van der Waals surface area contributed by atoms with Gasteiger partial charge in [-0.1, -0.05) is 25.7 Å². The number of methoxy groups -OCH3 is 1. The molecule has 0 radical (unpaired) electrons. The average molecular weight is 309 g/mol. The van der Waals surface area contributed by atoms with Gasteiger partial charge in [0.1, 0.15) is 6.61 Å². The van der Waals surface area contributed by atoms with E-state index in [0.717, 1.165) is 6.54 Å². The maximum absolute atomic E-state index is 11.4. The zero-order chi connectivity index (χ0) is 13.8. The summed E-state index contributed by atoms with van der Waals surface area (Å²) in [5, 5.41) is 6.37. The lowest BCUT2D eigenvalue weighted by Crippen LogP contribution is -2.38. The lowest BCUT2D eigenvalue weighted by atomic mass is 10.1. The van der Waals surface area contributed by atoms with Crippen LogP contribution >= 0.6 is 12.4 Å². The van der Waals surface area contributed by atoms with E-state index in [0.29, 0.717) is 25.8 Å². The standard InChI is InChI=1S/C14H28N2O3.ClH/c1-18-10-11-19-12-14(17)16-9-8-15-13-6-4-2-3-5-7-13;/h13,15H,2-12H2,1H3,(H,16,17);1H. The Hall–Kier alpha value is -0.360. The fourth-order valence-electron chi connectivity index (χ4n) is 2.32. The van der Waals surface area contributed by atoms with Gasteiger partial charge in [-0.15, -0.1) is 12.4 Å². The smallest absolute Gasteiger partial charge is 0.246 e. The van der Waals surface area contributed by atoms with E-state index in [1.54, 1.807) is 7.11 Å². The van der Waals surface area contributed by atoms with Crippen molar-refractivity contribution in [2.75, 3.05) is 40.0 Å². The minimum absolute atomic E-state index is 0. The van der Waals surface area contributed by atoms with Crippen molar-refractivity contribution in [1.82, 2.24) is 10.6 Å². The molecule has 1 aliphatic carbocycles. The molecule has 1 fully saturated rings. The van der Waals surface area contributed by atoms with Crippen molar-refractivity contribution in [1.29, 1.82) is 0 Å². The number of hydrogen-bond donors (Lipinski definition) is 2. The molecular formula is C14H29ClN2O3. The fourth-order valence-corrected chi connectivity index (χ4v) is 2.32. The Morgan fingerprint density at radius 2 is 1.80 bits per heavy atom. The Morgan fingerprint density at radius 1 is 1.10 bits per heavy atom. The SMILES string of the molecule is COCCOCC(=O)NCCNC1CCCCCC1.Cl. The van der Waals surface area contributed by atoms with Crippen LogP contribution in [-0.2, 0) is 14.3 Å². The summed E-state index contributed by atoms with van der Waals surface area (Å²) in [6.07, 6.45) is 7.94. The van der Waals surface area contributed by atoms with Crippen LogP contribution in [0.15, 0.2) is 0 Å². The molecule has 6 heteroatoms. The lowest BCUT2D eigenvalue weighted by Gasteiger charge is -2.16. The highest BCUT2D eigenvalue weighted by atomic mass is 35.5. The van der Waals surface area contributed by atoms with Gasteiger partial charge in [0, 0.05) is 26.2 Å². The summed E-state index contributed by atoms with van der Waals surface area (Å²) in [7, 11) is 1.61. The zero-order valence-electron chi connectivity index (χ0n) is 12.5. The average Bonchev–Trinajstić information content (AvgIpc) is 2.68. The van der Waals surface area contributed by atoms with Gasteiger partial charge in [0.2, 0.25) is 5.91 Å². The van der Waals surface area contributed by atoms with Crippen LogP contribution in [0.5, 0.6) is 0 Å². The van der Waals surface area contributed by atoms with Gasteiger partial charge in [-0.25, -0.2) is 0 Å². The van der Waals surface area contributed by atoms with Crippen LogP contribution in [0.1, 0.15) is 38.5 Å². The molecule has 120 valence electrons. The van der Waals surface area contributed by atoms with Crippen LogP contribution in [0.25, 0.3) is 0 Å². The third-order valence-electron chi connectivity index (χ3n) is 3.40. The molecule has 1 rings (SSSR count). The van der Waals surface area contributed by atoms with Gasteiger partial charge >= 0.3 is 0 Å². The second kappa shape index (κ2) is 13.6. The van der Waals surface area contributed by atoms with Crippen molar-refractivity contribution in [3.8, 4) is 0 Å². The van der Waals surface area contributed by atoms with Crippen molar-refractivity contribution >= 4 is 18.3 Å². The number of nitrogens with one attached hydrogen (secondary N) is 2. The van der Waals surface area contributed by atoms with Crippen LogP contribution in [0.2, 0.25) is 0 Å². The van der Waals surface area contributed by atoms with E-state index in [1.165, 1.54) is 38.5 Å².